The van der Waals surface area contributed by atoms with E-state index in [-0.39, 0.29) is 12.8 Å². The molecule has 5 N–H and O–H groups in total. The van der Waals surface area contributed by atoms with Crippen LogP contribution < -0.4 is 5.73 Å². The molecule has 0 fully saturated rings. The zero-order valence-electron chi connectivity index (χ0n) is 35.7. The van der Waals surface area contributed by atoms with E-state index in [0.717, 1.165) is 89.9 Å². The minimum absolute atomic E-state index is 0.0954. The summed E-state index contributed by atoms with van der Waals surface area (Å²) in [7, 11) is -4.76. The Morgan fingerprint density at radius 3 is 1.69 bits per heavy atom. The van der Waals surface area contributed by atoms with Crippen molar-refractivity contribution in [3.63, 3.8) is 0 Å². The van der Waals surface area contributed by atoms with Gasteiger partial charge < -0.3 is 30.3 Å². The number of phosphoric acid groups is 1. The van der Waals surface area contributed by atoms with Crippen molar-refractivity contribution >= 4 is 25.7 Å². The molecule has 0 amide bonds. The van der Waals surface area contributed by atoms with Gasteiger partial charge >= 0.3 is 25.7 Å². The van der Waals surface area contributed by atoms with Crippen molar-refractivity contribution in [2.75, 3.05) is 19.8 Å². The van der Waals surface area contributed by atoms with Gasteiger partial charge in [-0.1, -0.05) is 143 Å². The van der Waals surface area contributed by atoms with Gasteiger partial charge in [0.15, 0.2) is 6.10 Å². The number of rotatable bonds is 38. The van der Waals surface area contributed by atoms with Crippen molar-refractivity contribution in [3.05, 3.63) is 97.2 Å². The summed E-state index contributed by atoms with van der Waals surface area (Å²) in [6.45, 7) is 2.40. The number of aliphatic carboxylic acids is 1. The molecule has 334 valence electrons. The molecular formula is C46H74NO11P. The second-order valence-electron chi connectivity index (χ2n) is 13.9. The highest BCUT2D eigenvalue weighted by Gasteiger charge is 2.28. The van der Waals surface area contributed by atoms with E-state index < -0.39 is 63.8 Å². The van der Waals surface area contributed by atoms with Crippen molar-refractivity contribution in [2.45, 2.75) is 154 Å². The predicted octanol–water partition coefficient (Wildman–Crippen LogP) is 10.2. The summed E-state index contributed by atoms with van der Waals surface area (Å²) in [5.41, 5.74) is 5.32. The quantitative estimate of drug-likeness (QED) is 0.0151. The monoisotopic (exact) mass is 847 g/mol. The summed E-state index contributed by atoms with van der Waals surface area (Å²) in [6.07, 6.45) is 46.4. The first-order chi connectivity index (χ1) is 28.5. The van der Waals surface area contributed by atoms with Crippen molar-refractivity contribution < 1.29 is 52.6 Å². The number of ether oxygens (including phenoxy) is 2. The lowest BCUT2D eigenvalue weighted by Crippen LogP contribution is -2.34. The molecule has 0 radical (unpaired) electrons. The van der Waals surface area contributed by atoms with Crippen LogP contribution in [0.25, 0.3) is 0 Å². The number of aliphatic hydroxyl groups excluding tert-OH is 1. The molecule has 2 unspecified atom stereocenters. The molecule has 59 heavy (non-hydrogen) atoms. The molecule has 0 heterocycles. The number of esters is 2. The van der Waals surface area contributed by atoms with Crippen LogP contribution in [-0.2, 0) is 37.5 Å². The van der Waals surface area contributed by atoms with Gasteiger partial charge in [0.2, 0.25) is 0 Å². The predicted molar refractivity (Wildman–Crippen MR) is 236 cm³/mol. The Balaban J connectivity index is 4.54. The Morgan fingerprint density at radius 1 is 0.610 bits per heavy atom. The molecule has 0 saturated heterocycles. The molecule has 0 aliphatic rings. The second kappa shape index (κ2) is 39.8. The number of nitrogens with two attached hydrogens (primary N) is 1. The van der Waals surface area contributed by atoms with E-state index in [1.165, 1.54) is 0 Å². The minimum atomic E-state index is -4.76. The molecule has 0 aliphatic carbocycles. The number of hydrogen-bond acceptors (Lipinski definition) is 10. The lowest BCUT2D eigenvalue weighted by Gasteiger charge is -2.20. The maximum atomic E-state index is 12.6. The number of hydrogen-bond donors (Lipinski definition) is 4. The van der Waals surface area contributed by atoms with E-state index in [2.05, 4.69) is 91.3 Å². The van der Waals surface area contributed by atoms with Crippen LogP contribution in [0, 0.1) is 0 Å². The van der Waals surface area contributed by atoms with Gasteiger partial charge in [0.05, 0.1) is 19.3 Å². The zero-order valence-corrected chi connectivity index (χ0v) is 36.6. The Hall–Kier alpha value is -3.64. The Bertz CT molecular complexity index is 1380. The number of phosphoric ester groups is 1. The van der Waals surface area contributed by atoms with Gasteiger partial charge in [-0.2, -0.15) is 0 Å². The molecule has 0 aliphatic heterocycles. The fourth-order valence-corrected chi connectivity index (χ4v) is 5.87. The molecule has 4 atom stereocenters. The van der Waals surface area contributed by atoms with Gasteiger partial charge in [0, 0.05) is 12.8 Å². The molecule has 0 bridgehead atoms. The van der Waals surface area contributed by atoms with E-state index in [0.29, 0.717) is 19.3 Å². The molecule has 0 aromatic carbocycles. The fraction of sp³-hybridized carbons (Fsp3) is 0.587. The van der Waals surface area contributed by atoms with Gasteiger partial charge in [-0.3, -0.25) is 23.4 Å². The number of aliphatic hydroxyl groups is 1. The average molecular weight is 848 g/mol. The lowest BCUT2D eigenvalue weighted by atomic mass is 10.1. The molecule has 0 aromatic heterocycles. The topological polar surface area (TPSA) is 192 Å². The molecular weight excluding hydrogens is 773 g/mol. The maximum absolute atomic E-state index is 12.6. The molecule has 0 aromatic rings. The van der Waals surface area contributed by atoms with Gasteiger partial charge in [-0.25, -0.2) is 4.57 Å². The second-order valence-corrected chi connectivity index (χ2v) is 15.4. The van der Waals surface area contributed by atoms with Gasteiger partial charge in [-0.05, 0) is 77.0 Å². The van der Waals surface area contributed by atoms with E-state index in [1.807, 2.05) is 18.2 Å². The van der Waals surface area contributed by atoms with Crippen LogP contribution in [0.4, 0.5) is 0 Å². The van der Waals surface area contributed by atoms with Crippen LogP contribution in [0.2, 0.25) is 0 Å². The number of allylic oxidation sites excluding steroid dienone is 15. The summed E-state index contributed by atoms with van der Waals surface area (Å²) in [5.74, 6) is -2.53. The third kappa shape index (κ3) is 39.6. The van der Waals surface area contributed by atoms with Crippen LogP contribution in [-0.4, -0.2) is 71.1 Å². The van der Waals surface area contributed by atoms with Gasteiger partial charge in [-0.15, -0.1) is 0 Å². The van der Waals surface area contributed by atoms with Crippen molar-refractivity contribution in [1.82, 2.24) is 0 Å². The molecule has 13 heteroatoms. The summed E-state index contributed by atoms with van der Waals surface area (Å²) in [5, 5.41) is 19.0. The van der Waals surface area contributed by atoms with Gasteiger partial charge in [0.1, 0.15) is 12.6 Å². The normalized spacial score (nSPS) is 15.2. The zero-order chi connectivity index (χ0) is 43.7. The van der Waals surface area contributed by atoms with E-state index in [4.69, 9.17) is 24.8 Å². The van der Waals surface area contributed by atoms with Crippen LogP contribution in [0.15, 0.2) is 97.2 Å². The summed E-state index contributed by atoms with van der Waals surface area (Å²) >= 11 is 0. The number of carboxylic acid groups (broad SMARTS) is 1. The smallest absolute Gasteiger partial charge is 0.472 e. The third-order valence-electron chi connectivity index (χ3n) is 8.43. The summed E-state index contributed by atoms with van der Waals surface area (Å²) < 4.78 is 32.6. The van der Waals surface area contributed by atoms with Crippen molar-refractivity contribution in [1.29, 1.82) is 0 Å². The number of carboxylic acids is 1. The fourth-order valence-electron chi connectivity index (χ4n) is 5.10. The Morgan fingerprint density at radius 2 is 1.10 bits per heavy atom. The van der Waals surface area contributed by atoms with Crippen LogP contribution in [0.5, 0.6) is 0 Å². The van der Waals surface area contributed by atoms with Crippen LogP contribution in [0.1, 0.15) is 136 Å². The Kier molecular flexibility index (Phi) is 37.3. The minimum Gasteiger partial charge on any atom is -0.480 e. The third-order valence-corrected chi connectivity index (χ3v) is 9.38. The molecule has 0 saturated carbocycles. The lowest BCUT2D eigenvalue weighted by molar-refractivity contribution is -0.161. The highest BCUT2D eigenvalue weighted by Crippen LogP contribution is 2.43. The molecule has 12 nitrogen and oxygen atoms in total. The summed E-state index contributed by atoms with van der Waals surface area (Å²) in [6, 6.07) is -1.55. The SMILES string of the molecule is CC/C=C\C/C=C\C/C=C\C/C=C\C/C=C\CCCCCC(=O)O[C@H](COC(=O)CCCCCCCC(O)/C=C/C=C/C/C=C/CC)COP(=O)(O)OC[C@H](N)C(=O)O. The van der Waals surface area contributed by atoms with E-state index >= 15 is 0 Å². The average Bonchev–Trinajstić information content (AvgIpc) is 3.21. The number of carbonyl (C=O) groups is 3. The number of unbranched alkanes of at least 4 members (excludes halogenated alkanes) is 7. The first-order valence-electron chi connectivity index (χ1n) is 21.4. The highest BCUT2D eigenvalue weighted by molar-refractivity contribution is 7.47. The van der Waals surface area contributed by atoms with E-state index in [9.17, 15) is 28.9 Å². The molecule has 0 rings (SSSR count). The largest absolute Gasteiger partial charge is 0.480 e. The maximum Gasteiger partial charge on any atom is 0.472 e. The van der Waals surface area contributed by atoms with Crippen molar-refractivity contribution in [2.24, 2.45) is 5.73 Å². The first kappa shape index (κ1) is 55.4. The van der Waals surface area contributed by atoms with Gasteiger partial charge in [0.25, 0.3) is 0 Å². The van der Waals surface area contributed by atoms with Crippen LogP contribution >= 0.6 is 7.82 Å². The standard InChI is InChI=1S/C46H74NO11P/c1-3-5-7-9-11-12-13-14-15-16-17-18-19-20-21-22-24-28-33-37-45(50)58-42(39-56-59(53,54)57-40-43(47)46(51)52)38-55-44(49)36-32-29-25-27-31-35-41(48)34-30-26-23-10-8-6-4-2/h5-8,11-12,14-15,17-18,20-21,23,26,30,34,41-43,48H,3-4,9-10,13,16,19,22,24-25,27-29,31-33,35-40,47H2,1-2H3,(H,51,52)(H,53,54)/b7-5-,8-6+,12-11-,15-14-,18-17-,21-20-,26-23+,34-30+/t41?,42-,43+/m1/s1. The first-order valence-corrected chi connectivity index (χ1v) is 22.9. The Labute approximate surface area is 354 Å². The van der Waals surface area contributed by atoms with Crippen molar-refractivity contribution in [3.8, 4) is 0 Å². The summed E-state index contributed by atoms with van der Waals surface area (Å²) in [4.78, 5) is 46.0. The van der Waals surface area contributed by atoms with Crippen LogP contribution in [0.3, 0.4) is 0 Å². The highest BCUT2D eigenvalue weighted by atomic mass is 31.2. The number of carbonyl (C=O) groups excluding carboxylic acids is 2. The van der Waals surface area contributed by atoms with E-state index in [1.54, 1.807) is 6.08 Å². The molecule has 0 spiro atoms.